The van der Waals surface area contributed by atoms with Crippen LogP contribution in [0.2, 0.25) is 0 Å². The number of nitrogens with one attached hydrogen (secondary N) is 1. The summed E-state index contributed by atoms with van der Waals surface area (Å²) in [5.41, 5.74) is 1.35. The van der Waals surface area contributed by atoms with Gasteiger partial charge in [0.25, 0.3) is 0 Å². The SMILES string of the molecule is CC(C)c1ccc(SCC(=O)N2CCNCC2)cc1.Cl. The van der Waals surface area contributed by atoms with E-state index in [1.807, 2.05) is 4.90 Å². The smallest absolute Gasteiger partial charge is 0.233 e. The van der Waals surface area contributed by atoms with Crippen molar-refractivity contribution < 1.29 is 4.79 Å². The minimum Gasteiger partial charge on any atom is -0.339 e. The summed E-state index contributed by atoms with van der Waals surface area (Å²) in [5.74, 6) is 1.35. The van der Waals surface area contributed by atoms with Crippen LogP contribution in [0.1, 0.15) is 25.3 Å². The molecule has 1 aliphatic heterocycles. The number of hydrogen-bond acceptors (Lipinski definition) is 3. The highest BCUT2D eigenvalue weighted by Crippen LogP contribution is 2.22. The highest BCUT2D eigenvalue weighted by atomic mass is 35.5. The maximum absolute atomic E-state index is 12.0. The number of carbonyl (C=O) groups excluding carboxylic acids is 1. The van der Waals surface area contributed by atoms with Crippen LogP contribution in [0.4, 0.5) is 0 Å². The van der Waals surface area contributed by atoms with Crippen molar-refractivity contribution in [1.82, 2.24) is 10.2 Å². The molecule has 1 heterocycles. The van der Waals surface area contributed by atoms with Gasteiger partial charge < -0.3 is 10.2 Å². The predicted octanol–water partition coefficient (Wildman–Crippen LogP) is 2.76. The van der Waals surface area contributed by atoms with Crippen LogP contribution in [0, 0.1) is 0 Å². The monoisotopic (exact) mass is 314 g/mol. The molecule has 0 saturated carbocycles. The molecule has 0 bridgehead atoms. The van der Waals surface area contributed by atoms with E-state index in [1.165, 1.54) is 10.5 Å². The molecule has 0 unspecified atom stereocenters. The Hall–Kier alpha value is -0.710. The number of benzene rings is 1. The third kappa shape index (κ3) is 5.00. The minimum atomic E-state index is 0. The molecular weight excluding hydrogens is 292 g/mol. The second-order valence-electron chi connectivity index (χ2n) is 5.14. The predicted molar refractivity (Wildman–Crippen MR) is 88.0 cm³/mol. The fourth-order valence-corrected chi connectivity index (χ4v) is 2.90. The number of halogens is 1. The van der Waals surface area contributed by atoms with E-state index >= 15 is 0 Å². The molecule has 112 valence electrons. The number of nitrogens with zero attached hydrogens (tertiary/aromatic N) is 1. The summed E-state index contributed by atoms with van der Waals surface area (Å²) in [6.07, 6.45) is 0. The molecule has 1 saturated heterocycles. The van der Waals surface area contributed by atoms with Crippen molar-refractivity contribution >= 4 is 30.1 Å². The molecule has 1 aromatic carbocycles. The van der Waals surface area contributed by atoms with E-state index < -0.39 is 0 Å². The molecule has 1 aliphatic rings. The number of rotatable bonds is 4. The summed E-state index contributed by atoms with van der Waals surface area (Å²) >= 11 is 1.63. The van der Waals surface area contributed by atoms with Gasteiger partial charge in [-0.25, -0.2) is 0 Å². The van der Waals surface area contributed by atoms with Crippen molar-refractivity contribution in [2.24, 2.45) is 0 Å². The Morgan fingerprint density at radius 1 is 1.25 bits per heavy atom. The second-order valence-corrected chi connectivity index (χ2v) is 6.19. The second kappa shape index (κ2) is 8.55. The summed E-state index contributed by atoms with van der Waals surface area (Å²) in [4.78, 5) is 15.1. The average molecular weight is 315 g/mol. The standard InChI is InChI=1S/C15H22N2OS.ClH/c1-12(2)13-3-5-14(6-4-13)19-11-15(18)17-9-7-16-8-10-17;/h3-6,12,16H,7-11H2,1-2H3;1H. The van der Waals surface area contributed by atoms with Crippen molar-refractivity contribution in [2.45, 2.75) is 24.7 Å². The summed E-state index contributed by atoms with van der Waals surface area (Å²) in [5, 5.41) is 3.26. The zero-order chi connectivity index (χ0) is 13.7. The summed E-state index contributed by atoms with van der Waals surface area (Å²) < 4.78 is 0. The fraction of sp³-hybridized carbons (Fsp3) is 0.533. The first-order chi connectivity index (χ1) is 9.16. The van der Waals surface area contributed by atoms with Gasteiger partial charge in [-0.1, -0.05) is 26.0 Å². The number of hydrogen-bond donors (Lipinski definition) is 1. The molecule has 1 N–H and O–H groups in total. The number of piperazine rings is 1. The van der Waals surface area contributed by atoms with E-state index in [1.54, 1.807) is 11.8 Å². The molecule has 1 aromatic rings. The molecule has 1 fully saturated rings. The van der Waals surface area contributed by atoms with E-state index in [-0.39, 0.29) is 18.3 Å². The van der Waals surface area contributed by atoms with E-state index in [2.05, 4.69) is 43.4 Å². The zero-order valence-electron chi connectivity index (χ0n) is 12.1. The van der Waals surface area contributed by atoms with E-state index in [0.29, 0.717) is 11.7 Å². The van der Waals surface area contributed by atoms with Gasteiger partial charge in [0.1, 0.15) is 0 Å². The van der Waals surface area contributed by atoms with Gasteiger partial charge in [-0.3, -0.25) is 4.79 Å². The fourth-order valence-electron chi connectivity index (χ4n) is 2.10. The highest BCUT2D eigenvalue weighted by Gasteiger charge is 2.15. The van der Waals surface area contributed by atoms with Crippen LogP contribution in [0.25, 0.3) is 0 Å². The Balaban J connectivity index is 0.00000200. The van der Waals surface area contributed by atoms with E-state index in [0.717, 1.165) is 26.2 Å². The van der Waals surface area contributed by atoms with Crippen LogP contribution in [-0.2, 0) is 4.79 Å². The molecule has 2 rings (SSSR count). The lowest BCUT2D eigenvalue weighted by Gasteiger charge is -2.27. The van der Waals surface area contributed by atoms with Gasteiger partial charge in [-0.05, 0) is 23.6 Å². The van der Waals surface area contributed by atoms with Gasteiger partial charge in [0.05, 0.1) is 5.75 Å². The van der Waals surface area contributed by atoms with Crippen LogP contribution in [-0.4, -0.2) is 42.7 Å². The zero-order valence-corrected chi connectivity index (χ0v) is 13.7. The number of amides is 1. The largest absolute Gasteiger partial charge is 0.339 e. The van der Waals surface area contributed by atoms with Crippen LogP contribution in [0.15, 0.2) is 29.2 Å². The topological polar surface area (TPSA) is 32.3 Å². The Morgan fingerprint density at radius 3 is 2.40 bits per heavy atom. The maximum atomic E-state index is 12.0. The molecule has 0 aliphatic carbocycles. The number of thioether (sulfide) groups is 1. The molecule has 1 amide bonds. The van der Waals surface area contributed by atoms with Crippen LogP contribution in [0.3, 0.4) is 0 Å². The van der Waals surface area contributed by atoms with Crippen molar-refractivity contribution in [3.05, 3.63) is 29.8 Å². The van der Waals surface area contributed by atoms with Gasteiger partial charge in [-0.15, -0.1) is 24.2 Å². The molecule has 20 heavy (non-hydrogen) atoms. The molecule has 0 atom stereocenters. The Morgan fingerprint density at radius 2 is 1.85 bits per heavy atom. The summed E-state index contributed by atoms with van der Waals surface area (Å²) in [6.45, 7) is 7.89. The summed E-state index contributed by atoms with van der Waals surface area (Å²) in [6, 6.07) is 8.54. The quantitative estimate of drug-likeness (QED) is 0.867. The van der Waals surface area contributed by atoms with Crippen molar-refractivity contribution in [2.75, 3.05) is 31.9 Å². The average Bonchev–Trinajstić information content (AvgIpc) is 2.46. The van der Waals surface area contributed by atoms with Gasteiger partial charge in [0, 0.05) is 31.1 Å². The summed E-state index contributed by atoms with van der Waals surface area (Å²) in [7, 11) is 0. The van der Waals surface area contributed by atoms with Crippen molar-refractivity contribution in [3.8, 4) is 0 Å². The van der Waals surface area contributed by atoms with Crippen LogP contribution in [0.5, 0.6) is 0 Å². The van der Waals surface area contributed by atoms with Crippen LogP contribution < -0.4 is 5.32 Å². The Bertz CT molecular complexity index is 416. The first kappa shape index (κ1) is 17.3. The van der Waals surface area contributed by atoms with Crippen molar-refractivity contribution in [3.63, 3.8) is 0 Å². The van der Waals surface area contributed by atoms with E-state index in [4.69, 9.17) is 0 Å². The molecule has 0 radical (unpaired) electrons. The Labute approximate surface area is 131 Å². The minimum absolute atomic E-state index is 0. The molecule has 0 spiro atoms. The van der Waals surface area contributed by atoms with Gasteiger partial charge in [-0.2, -0.15) is 0 Å². The third-order valence-corrected chi connectivity index (χ3v) is 4.38. The molecule has 5 heteroatoms. The van der Waals surface area contributed by atoms with Crippen LogP contribution >= 0.6 is 24.2 Å². The first-order valence-corrected chi connectivity index (χ1v) is 7.86. The lowest BCUT2D eigenvalue weighted by atomic mass is 10.0. The Kier molecular flexibility index (Phi) is 7.41. The lowest BCUT2D eigenvalue weighted by Crippen LogP contribution is -2.47. The number of carbonyl (C=O) groups is 1. The lowest BCUT2D eigenvalue weighted by molar-refractivity contribution is -0.128. The first-order valence-electron chi connectivity index (χ1n) is 6.88. The van der Waals surface area contributed by atoms with Gasteiger partial charge in [0.2, 0.25) is 5.91 Å². The van der Waals surface area contributed by atoms with E-state index in [9.17, 15) is 4.79 Å². The molecule has 0 aromatic heterocycles. The van der Waals surface area contributed by atoms with Gasteiger partial charge >= 0.3 is 0 Å². The molecular formula is C15H23ClN2OS. The highest BCUT2D eigenvalue weighted by molar-refractivity contribution is 8.00. The third-order valence-electron chi connectivity index (χ3n) is 3.38. The van der Waals surface area contributed by atoms with Crippen molar-refractivity contribution in [1.29, 1.82) is 0 Å². The molecule has 3 nitrogen and oxygen atoms in total. The van der Waals surface area contributed by atoms with Gasteiger partial charge in [0.15, 0.2) is 0 Å². The normalized spacial score (nSPS) is 15.1. The maximum Gasteiger partial charge on any atom is 0.233 e.